The van der Waals surface area contributed by atoms with E-state index in [0.29, 0.717) is 29.1 Å². The van der Waals surface area contributed by atoms with Crippen molar-refractivity contribution < 1.29 is 13.9 Å². The number of rotatable bonds is 5. The smallest absolute Gasteiger partial charge is 0.258 e. The zero-order chi connectivity index (χ0) is 19.3. The van der Waals surface area contributed by atoms with Crippen LogP contribution in [0, 0.1) is 5.82 Å². The van der Waals surface area contributed by atoms with Crippen LogP contribution in [-0.2, 0) is 6.61 Å². The minimum absolute atomic E-state index is 0.132. The maximum absolute atomic E-state index is 13.8. The number of benzene rings is 3. The summed E-state index contributed by atoms with van der Waals surface area (Å²) in [6, 6.07) is 19.2. The van der Waals surface area contributed by atoms with E-state index >= 15 is 0 Å². The molecule has 0 aliphatic rings. The number of aromatic nitrogens is 2. The van der Waals surface area contributed by atoms with Gasteiger partial charge >= 0.3 is 0 Å². The van der Waals surface area contributed by atoms with E-state index in [4.69, 9.17) is 4.74 Å². The molecule has 0 saturated heterocycles. The van der Waals surface area contributed by atoms with Crippen molar-refractivity contribution in [3.63, 3.8) is 0 Å². The SMILES string of the molecule is O=C(Nc1ccc(OCc2ccccc2)cc1)c1cc(F)cc2nccnc12. The first-order valence-electron chi connectivity index (χ1n) is 8.67. The number of nitrogens with one attached hydrogen (secondary N) is 1. The molecule has 0 atom stereocenters. The molecule has 138 valence electrons. The van der Waals surface area contributed by atoms with E-state index in [9.17, 15) is 9.18 Å². The maximum Gasteiger partial charge on any atom is 0.258 e. The Morgan fingerprint density at radius 1 is 0.964 bits per heavy atom. The topological polar surface area (TPSA) is 64.1 Å². The lowest BCUT2D eigenvalue weighted by atomic mass is 10.1. The van der Waals surface area contributed by atoms with Gasteiger partial charge in [0.2, 0.25) is 0 Å². The van der Waals surface area contributed by atoms with Crippen LogP contribution in [0.5, 0.6) is 5.75 Å². The Hall–Kier alpha value is -3.80. The van der Waals surface area contributed by atoms with E-state index in [1.54, 1.807) is 24.3 Å². The zero-order valence-corrected chi connectivity index (χ0v) is 14.8. The molecule has 4 aromatic rings. The molecule has 5 nitrogen and oxygen atoms in total. The summed E-state index contributed by atoms with van der Waals surface area (Å²) in [5.41, 5.74) is 2.45. The van der Waals surface area contributed by atoms with Crippen molar-refractivity contribution in [1.82, 2.24) is 9.97 Å². The lowest BCUT2D eigenvalue weighted by Gasteiger charge is -2.09. The number of nitrogens with zero attached hydrogens (tertiary/aromatic N) is 2. The van der Waals surface area contributed by atoms with Crippen molar-refractivity contribution in [2.75, 3.05) is 5.32 Å². The Balaban J connectivity index is 1.47. The van der Waals surface area contributed by atoms with Crippen molar-refractivity contribution in [2.24, 2.45) is 0 Å². The molecular weight excluding hydrogens is 357 g/mol. The van der Waals surface area contributed by atoms with Gasteiger partial charge in [-0.05, 0) is 35.9 Å². The van der Waals surface area contributed by atoms with E-state index in [1.807, 2.05) is 30.3 Å². The molecule has 0 saturated carbocycles. The first-order valence-corrected chi connectivity index (χ1v) is 8.67. The summed E-state index contributed by atoms with van der Waals surface area (Å²) in [7, 11) is 0. The zero-order valence-electron chi connectivity index (χ0n) is 14.8. The van der Waals surface area contributed by atoms with Crippen LogP contribution in [0.2, 0.25) is 0 Å². The lowest BCUT2D eigenvalue weighted by molar-refractivity contribution is 0.102. The molecule has 0 aliphatic carbocycles. The number of anilines is 1. The number of halogens is 1. The van der Waals surface area contributed by atoms with Gasteiger partial charge in [0.05, 0.1) is 11.1 Å². The minimum Gasteiger partial charge on any atom is -0.489 e. The Labute approximate surface area is 160 Å². The molecule has 1 N–H and O–H groups in total. The number of fused-ring (bicyclic) bond motifs is 1. The van der Waals surface area contributed by atoms with E-state index in [1.165, 1.54) is 18.5 Å². The number of ether oxygens (including phenoxy) is 1. The van der Waals surface area contributed by atoms with E-state index in [-0.39, 0.29) is 5.56 Å². The number of carbonyl (C=O) groups excluding carboxylic acids is 1. The Kier molecular flexibility index (Phi) is 4.93. The standard InChI is InChI=1S/C22H16FN3O2/c23-16-12-19(21-20(13-16)24-10-11-25-21)22(27)26-17-6-8-18(9-7-17)28-14-15-4-2-1-3-5-15/h1-13H,14H2,(H,26,27). The molecule has 0 aliphatic heterocycles. The molecule has 1 aromatic heterocycles. The highest BCUT2D eigenvalue weighted by Gasteiger charge is 2.14. The van der Waals surface area contributed by atoms with Gasteiger partial charge in [0.15, 0.2) is 0 Å². The van der Waals surface area contributed by atoms with E-state index in [2.05, 4.69) is 15.3 Å². The molecule has 4 rings (SSSR count). The highest BCUT2D eigenvalue weighted by molar-refractivity contribution is 6.11. The van der Waals surface area contributed by atoms with Gasteiger partial charge in [0.1, 0.15) is 23.7 Å². The summed E-state index contributed by atoms with van der Waals surface area (Å²) >= 11 is 0. The highest BCUT2D eigenvalue weighted by Crippen LogP contribution is 2.20. The van der Waals surface area contributed by atoms with Crippen LogP contribution in [0.15, 0.2) is 79.1 Å². The van der Waals surface area contributed by atoms with Crippen LogP contribution >= 0.6 is 0 Å². The van der Waals surface area contributed by atoms with Crippen molar-refractivity contribution in [3.05, 3.63) is 96.1 Å². The van der Waals surface area contributed by atoms with Crippen LogP contribution in [-0.4, -0.2) is 15.9 Å². The fourth-order valence-electron chi connectivity index (χ4n) is 2.79. The van der Waals surface area contributed by atoms with Crippen molar-refractivity contribution >= 4 is 22.6 Å². The monoisotopic (exact) mass is 373 g/mol. The molecular formula is C22H16FN3O2. The third-order valence-corrected chi connectivity index (χ3v) is 4.14. The molecule has 1 heterocycles. The van der Waals surface area contributed by atoms with Crippen molar-refractivity contribution in [2.45, 2.75) is 6.61 Å². The van der Waals surface area contributed by atoms with Gasteiger partial charge in [-0.2, -0.15) is 0 Å². The minimum atomic E-state index is -0.539. The van der Waals surface area contributed by atoms with Gasteiger partial charge in [-0.1, -0.05) is 30.3 Å². The molecule has 3 aromatic carbocycles. The Morgan fingerprint density at radius 2 is 1.71 bits per heavy atom. The van der Waals surface area contributed by atoms with Crippen LogP contribution in [0.1, 0.15) is 15.9 Å². The van der Waals surface area contributed by atoms with E-state index < -0.39 is 11.7 Å². The predicted octanol–water partition coefficient (Wildman–Crippen LogP) is 4.60. The van der Waals surface area contributed by atoms with Crippen LogP contribution in [0.25, 0.3) is 11.0 Å². The second-order valence-electron chi connectivity index (χ2n) is 6.13. The van der Waals surface area contributed by atoms with Crippen LogP contribution in [0.4, 0.5) is 10.1 Å². The summed E-state index contributed by atoms with van der Waals surface area (Å²) in [5, 5.41) is 2.75. The molecule has 0 spiro atoms. The summed E-state index contributed by atoms with van der Waals surface area (Å²) < 4.78 is 19.5. The summed E-state index contributed by atoms with van der Waals surface area (Å²) in [4.78, 5) is 20.8. The lowest BCUT2D eigenvalue weighted by Crippen LogP contribution is -2.13. The molecule has 0 radical (unpaired) electrons. The first-order chi connectivity index (χ1) is 13.7. The maximum atomic E-state index is 13.8. The Morgan fingerprint density at radius 3 is 2.50 bits per heavy atom. The predicted molar refractivity (Wildman–Crippen MR) is 105 cm³/mol. The van der Waals surface area contributed by atoms with Crippen molar-refractivity contribution in [3.8, 4) is 5.75 Å². The average molecular weight is 373 g/mol. The van der Waals surface area contributed by atoms with Crippen LogP contribution < -0.4 is 10.1 Å². The van der Waals surface area contributed by atoms with Gasteiger partial charge in [-0.3, -0.25) is 14.8 Å². The van der Waals surface area contributed by atoms with Crippen LogP contribution in [0.3, 0.4) is 0 Å². The Bertz CT molecular complexity index is 1120. The second kappa shape index (κ2) is 7.84. The molecule has 0 fully saturated rings. The van der Waals surface area contributed by atoms with Gasteiger partial charge in [0, 0.05) is 24.1 Å². The number of amides is 1. The van der Waals surface area contributed by atoms with Gasteiger partial charge in [-0.15, -0.1) is 0 Å². The fraction of sp³-hybridized carbons (Fsp3) is 0.0455. The van der Waals surface area contributed by atoms with Crippen molar-refractivity contribution in [1.29, 1.82) is 0 Å². The summed E-state index contributed by atoms with van der Waals surface area (Å²) in [6.45, 7) is 0.459. The highest BCUT2D eigenvalue weighted by atomic mass is 19.1. The largest absolute Gasteiger partial charge is 0.489 e. The number of hydrogen-bond acceptors (Lipinski definition) is 4. The third-order valence-electron chi connectivity index (χ3n) is 4.14. The summed E-state index contributed by atoms with van der Waals surface area (Å²) in [5.74, 6) is -0.310. The van der Waals surface area contributed by atoms with Gasteiger partial charge in [0.25, 0.3) is 5.91 Å². The quantitative estimate of drug-likeness (QED) is 0.555. The molecule has 6 heteroatoms. The first kappa shape index (κ1) is 17.6. The van der Waals surface area contributed by atoms with Gasteiger partial charge < -0.3 is 10.1 Å². The molecule has 1 amide bonds. The third kappa shape index (κ3) is 3.96. The second-order valence-corrected chi connectivity index (χ2v) is 6.13. The molecule has 0 bridgehead atoms. The summed E-state index contributed by atoms with van der Waals surface area (Å²) in [6.07, 6.45) is 2.92. The van der Waals surface area contributed by atoms with Gasteiger partial charge in [-0.25, -0.2) is 4.39 Å². The fourth-order valence-corrected chi connectivity index (χ4v) is 2.79. The number of hydrogen-bond donors (Lipinski definition) is 1. The number of carbonyl (C=O) groups is 1. The molecule has 28 heavy (non-hydrogen) atoms. The van der Waals surface area contributed by atoms with E-state index in [0.717, 1.165) is 11.6 Å². The average Bonchev–Trinajstić information content (AvgIpc) is 2.73. The normalized spacial score (nSPS) is 10.6. The molecule has 0 unspecified atom stereocenters.